The van der Waals surface area contributed by atoms with Crippen LogP contribution in [0.25, 0.3) is 0 Å². The highest BCUT2D eigenvalue weighted by Crippen LogP contribution is 2.33. The van der Waals surface area contributed by atoms with Crippen molar-refractivity contribution in [3.8, 4) is 11.5 Å². The van der Waals surface area contributed by atoms with Crippen molar-refractivity contribution in [3.05, 3.63) is 83.4 Å². The zero-order valence-corrected chi connectivity index (χ0v) is 18.1. The summed E-state index contributed by atoms with van der Waals surface area (Å²) in [4.78, 5) is 12.7. The number of hydrogen-bond acceptors (Lipinski definition) is 4. The molecule has 1 N–H and O–H groups in total. The number of ether oxygens (including phenoxy) is 1. The molecule has 156 valence electrons. The van der Waals surface area contributed by atoms with Gasteiger partial charge in [-0.15, -0.1) is 0 Å². The summed E-state index contributed by atoms with van der Waals surface area (Å²) in [6.45, 7) is 1.40. The second-order valence-electron chi connectivity index (χ2n) is 6.66. The second-order valence-corrected chi connectivity index (χ2v) is 9.00. The van der Waals surface area contributed by atoms with E-state index >= 15 is 0 Å². The summed E-state index contributed by atoms with van der Waals surface area (Å²) in [5.74, 6) is 0.393. The van der Waals surface area contributed by atoms with E-state index in [0.717, 1.165) is 16.1 Å². The Kier molecular flexibility index (Phi) is 6.64. The van der Waals surface area contributed by atoms with E-state index in [0.29, 0.717) is 22.2 Å². The lowest BCUT2D eigenvalue weighted by atomic mass is 10.2. The monoisotopic (exact) mass is 444 g/mol. The van der Waals surface area contributed by atoms with E-state index in [4.69, 9.17) is 16.3 Å². The van der Waals surface area contributed by atoms with Crippen LogP contribution in [0.15, 0.2) is 72.8 Å². The summed E-state index contributed by atoms with van der Waals surface area (Å²) in [6, 6.07) is 20.7. The Balaban J connectivity index is 1.88. The Morgan fingerprint density at radius 2 is 1.70 bits per heavy atom. The number of amides is 1. The molecule has 3 aromatic carbocycles. The van der Waals surface area contributed by atoms with Gasteiger partial charge >= 0.3 is 0 Å². The molecule has 0 bridgehead atoms. The molecule has 3 rings (SSSR count). The molecular weight excluding hydrogens is 424 g/mol. The smallest absolute Gasteiger partial charge is 0.245 e. The van der Waals surface area contributed by atoms with Crippen molar-refractivity contribution >= 4 is 38.9 Å². The van der Waals surface area contributed by atoms with Crippen molar-refractivity contribution in [2.24, 2.45) is 0 Å². The first kappa shape index (κ1) is 21.7. The van der Waals surface area contributed by atoms with E-state index in [1.54, 1.807) is 61.5 Å². The van der Waals surface area contributed by atoms with Crippen molar-refractivity contribution in [1.29, 1.82) is 0 Å². The molecule has 6 nitrogen and oxygen atoms in total. The van der Waals surface area contributed by atoms with Crippen molar-refractivity contribution < 1.29 is 17.9 Å². The van der Waals surface area contributed by atoms with Gasteiger partial charge in [0.25, 0.3) is 0 Å². The lowest BCUT2D eigenvalue weighted by Gasteiger charge is -2.24. The molecule has 0 aliphatic rings. The van der Waals surface area contributed by atoms with E-state index in [9.17, 15) is 13.2 Å². The van der Waals surface area contributed by atoms with Gasteiger partial charge in [-0.25, -0.2) is 8.42 Å². The molecule has 0 fully saturated rings. The minimum absolute atomic E-state index is 0.270. The fraction of sp³-hybridized carbons (Fsp3) is 0.136. The van der Waals surface area contributed by atoms with Gasteiger partial charge in [0, 0.05) is 10.7 Å². The van der Waals surface area contributed by atoms with Gasteiger partial charge in [0.15, 0.2) is 5.75 Å². The maximum Gasteiger partial charge on any atom is 0.245 e. The zero-order chi connectivity index (χ0) is 21.7. The molecule has 0 heterocycles. The first-order valence-electron chi connectivity index (χ1n) is 9.09. The number of benzene rings is 3. The maximum atomic E-state index is 12.7. The summed E-state index contributed by atoms with van der Waals surface area (Å²) in [5.41, 5.74) is 1.60. The van der Waals surface area contributed by atoms with Gasteiger partial charge in [0.1, 0.15) is 12.3 Å². The third kappa shape index (κ3) is 5.52. The second kappa shape index (κ2) is 9.19. The summed E-state index contributed by atoms with van der Waals surface area (Å²) in [7, 11) is -3.77. The van der Waals surface area contributed by atoms with Gasteiger partial charge in [0.05, 0.1) is 11.9 Å². The molecule has 30 heavy (non-hydrogen) atoms. The average molecular weight is 445 g/mol. The van der Waals surface area contributed by atoms with Crippen LogP contribution in [0.2, 0.25) is 5.02 Å². The number of carbonyl (C=O) groups is 1. The van der Waals surface area contributed by atoms with Gasteiger partial charge in [0.2, 0.25) is 15.9 Å². The number of para-hydroxylation sites is 3. The largest absolute Gasteiger partial charge is 0.455 e. The summed E-state index contributed by atoms with van der Waals surface area (Å²) >= 11 is 5.95. The SMILES string of the molecule is Cc1cc(Cl)ccc1NC(=O)CN(c1ccccc1Oc1ccccc1)S(C)(=O)=O. The Bertz CT molecular complexity index is 1150. The van der Waals surface area contributed by atoms with E-state index in [1.165, 1.54) is 0 Å². The van der Waals surface area contributed by atoms with Gasteiger partial charge in [-0.3, -0.25) is 9.10 Å². The average Bonchev–Trinajstić information content (AvgIpc) is 2.69. The third-order valence-corrected chi connectivity index (χ3v) is 5.62. The van der Waals surface area contributed by atoms with Crippen LogP contribution in [0.5, 0.6) is 11.5 Å². The van der Waals surface area contributed by atoms with Crippen LogP contribution >= 0.6 is 11.6 Å². The van der Waals surface area contributed by atoms with E-state index in [2.05, 4.69) is 5.32 Å². The Morgan fingerprint density at radius 1 is 1.03 bits per heavy atom. The van der Waals surface area contributed by atoms with Crippen LogP contribution < -0.4 is 14.4 Å². The highest BCUT2D eigenvalue weighted by atomic mass is 35.5. The number of sulfonamides is 1. The highest BCUT2D eigenvalue weighted by molar-refractivity contribution is 7.92. The molecule has 0 spiro atoms. The van der Waals surface area contributed by atoms with Crippen LogP contribution in [-0.2, 0) is 14.8 Å². The minimum Gasteiger partial charge on any atom is -0.455 e. The lowest BCUT2D eigenvalue weighted by molar-refractivity contribution is -0.114. The first-order valence-corrected chi connectivity index (χ1v) is 11.3. The fourth-order valence-corrected chi connectivity index (χ4v) is 3.92. The molecule has 0 saturated carbocycles. The summed E-state index contributed by atoms with van der Waals surface area (Å²) in [6.07, 6.45) is 1.05. The van der Waals surface area contributed by atoms with Crippen LogP contribution in [0, 0.1) is 6.92 Å². The Morgan fingerprint density at radius 3 is 2.37 bits per heavy atom. The van der Waals surface area contributed by atoms with Gasteiger partial charge in [-0.2, -0.15) is 0 Å². The van der Waals surface area contributed by atoms with Crippen LogP contribution in [0.1, 0.15) is 5.56 Å². The molecule has 0 radical (unpaired) electrons. The zero-order valence-electron chi connectivity index (χ0n) is 16.5. The number of aryl methyl sites for hydroxylation is 1. The summed E-state index contributed by atoms with van der Waals surface area (Å²) < 4.78 is 31.9. The van der Waals surface area contributed by atoms with Gasteiger partial charge in [-0.05, 0) is 55.0 Å². The molecule has 3 aromatic rings. The van der Waals surface area contributed by atoms with Crippen LogP contribution in [0.3, 0.4) is 0 Å². The number of halogens is 1. The predicted molar refractivity (Wildman–Crippen MR) is 120 cm³/mol. The van der Waals surface area contributed by atoms with Gasteiger partial charge < -0.3 is 10.1 Å². The number of nitrogens with one attached hydrogen (secondary N) is 1. The number of hydrogen-bond donors (Lipinski definition) is 1. The van der Waals surface area contributed by atoms with Crippen LogP contribution in [0.4, 0.5) is 11.4 Å². The molecule has 8 heteroatoms. The first-order chi connectivity index (χ1) is 14.2. The van der Waals surface area contributed by atoms with Crippen molar-refractivity contribution in [2.75, 3.05) is 22.4 Å². The normalized spacial score (nSPS) is 11.0. The molecule has 1 amide bonds. The van der Waals surface area contributed by atoms with Gasteiger partial charge in [-0.1, -0.05) is 41.9 Å². The lowest BCUT2D eigenvalue weighted by Crippen LogP contribution is -2.37. The topological polar surface area (TPSA) is 75.7 Å². The minimum atomic E-state index is -3.77. The maximum absolute atomic E-state index is 12.7. The Hall–Kier alpha value is -3.03. The standard InChI is InChI=1S/C22H21ClN2O4S/c1-16-14-17(23)12-13-19(16)24-22(26)15-25(30(2,27)28)20-10-6-7-11-21(20)29-18-8-4-3-5-9-18/h3-14H,15H2,1-2H3,(H,24,26). The number of anilines is 2. The molecule has 0 unspecified atom stereocenters. The highest BCUT2D eigenvalue weighted by Gasteiger charge is 2.24. The third-order valence-electron chi connectivity index (χ3n) is 4.26. The number of carbonyl (C=O) groups excluding carboxylic acids is 1. The quantitative estimate of drug-likeness (QED) is 0.565. The molecule has 0 aliphatic carbocycles. The molecule has 0 saturated heterocycles. The van der Waals surface area contributed by atoms with Crippen molar-refractivity contribution in [3.63, 3.8) is 0 Å². The number of rotatable bonds is 7. The summed E-state index contributed by atoms with van der Waals surface area (Å²) in [5, 5.41) is 3.29. The van der Waals surface area contributed by atoms with E-state index < -0.39 is 22.5 Å². The molecular formula is C22H21ClN2O4S. The fourth-order valence-electron chi connectivity index (χ4n) is 2.83. The molecule has 0 atom stereocenters. The molecule has 0 aliphatic heterocycles. The Labute approximate surface area is 181 Å². The van der Waals surface area contributed by atoms with Crippen LogP contribution in [-0.4, -0.2) is 27.1 Å². The van der Waals surface area contributed by atoms with E-state index in [1.807, 2.05) is 18.2 Å². The van der Waals surface area contributed by atoms with Crippen molar-refractivity contribution in [2.45, 2.75) is 6.92 Å². The van der Waals surface area contributed by atoms with Crippen molar-refractivity contribution in [1.82, 2.24) is 0 Å². The molecule has 0 aromatic heterocycles. The van der Waals surface area contributed by atoms with E-state index in [-0.39, 0.29) is 5.69 Å². The number of nitrogens with zero attached hydrogens (tertiary/aromatic N) is 1. The predicted octanol–water partition coefficient (Wildman–Crippen LogP) is 4.85.